The molecule has 0 saturated carbocycles. The zero-order valence-electron chi connectivity index (χ0n) is 14.8. The number of aromatic nitrogens is 2. The number of carbonyl (C=O) groups is 2. The van der Waals surface area contributed by atoms with Crippen LogP contribution in [0.3, 0.4) is 0 Å². The van der Waals surface area contributed by atoms with E-state index in [-0.39, 0.29) is 5.91 Å². The molecule has 6 nitrogen and oxygen atoms in total. The van der Waals surface area contributed by atoms with Crippen LogP contribution in [0.2, 0.25) is 0 Å². The molecule has 0 aliphatic carbocycles. The molecule has 2 saturated heterocycles. The van der Waals surface area contributed by atoms with Crippen LogP contribution in [0, 0.1) is 19.8 Å². The van der Waals surface area contributed by atoms with E-state index in [4.69, 9.17) is 0 Å². The molecule has 1 aromatic rings. The smallest absolute Gasteiger partial charge is 0.222 e. The lowest BCUT2D eigenvalue weighted by Crippen LogP contribution is -2.42. The lowest BCUT2D eigenvalue weighted by atomic mass is 9.96. The molecule has 0 unspecified atom stereocenters. The summed E-state index contributed by atoms with van der Waals surface area (Å²) < 4.78 is 0. The van der Waals surface area contributed by atoms with E-state index in [1.54, 1.807) is 0 Å². The van der Waals surface area contributed by atoms with Crippen molar-refractivity contribution < 1.29 is 9.59 Å². The van der Waals surface area contributed by atoms with Gasteiger partial charge in [0.25, 0.3) is 0 Å². The molecule has 3 heterocycles. The SMILES string of the molecule is Cc1[nH]nc(CCC(=O)N2CCC(CN3CCCC3=O)CC2)c1C. The molecule has 3 rings (SSSR count). The van der Waals surface area contributed by atoms with E-state index in [1.165, 1.54) is 0 Å². The normalized spacial score (nSPS) is 19.3. The Morgan fingerprint density at radius 2 is 2.00 bits per heavy atom. The van der Waals surface area contributed by atoms with E-state index >= 15 is 0 Å². The fourth-order valence-corrected chi connectivity index (χ4v) is 3.74. The van der Waals surface area contributed by atoms with Crippen molar-refractivity contribution >= 4 is 11.8 Å². The summed E-state index contributed by atoms with van der Waals surface area (Å²) in [6.45, 7) is 7.49. The van der Waals surface area contributed by atoms with Crippen molar-refractivity contribution in [3.63, 3.8) is 0 Å². The van der Waals surface area contributed by atoms with Crippen LogP contribution in [-0.2, 0) is 16.0 Å². The van der Waals surface area contributed by atoms with Gasteiger partial charge in [0.2, 0.25) is 11.8 Å². The summed E-state index contributed by atoms with van der Waals surface area (Å²) in [4.78, 5) is 28.1. The Balaban J connectivity index is 1.41. The van der Waals surface area contributed by atoms with Crippen LogP contribution >= 0.6 is 0 Å². The van der Waals surface area contributed by atoms with Gasteiger partial charge in [0.05, 0.1) is 5.69 Å². The average molecular weight is 332 g/mol. The molecule has 0 bridgehead atoms. The van der Waals surface area contributed by atoms with E-state index in [0.29, 0.717) is 31.1 Å². The van der Waals surface area contributed by atoms with Crippen molar-refractivity contribution in [1.29, 1.82) is 0 Å². The third-order valence-corrected chi connectivity index (χ3v) is 5.55. The maximum Gasteiger partial charge on any atom is 0.222 e. The second-order valence-corrected chi connectivity index (χ2v) is 7.19. The van der Waals surface area contributed by atoms with Gasteiger partial charge in [-0.25, -0.2) is 0 Å². The molecule has 2 aliphatic heterocycles. The van der Waals surface area contributed by atoms with E-state index in [0.717, 1.165) is 62.4 Å². The van der Waals surface area contributed by atoms with E-state index in [1.807, 2.05) is 23.6 Å². The quantitative estimate of drug-likeness (QED) is 0.894. The number of hydrogen-bond acceptors (Lipinski definition) is 3. The summed E-state index contributed by atoms with van der Waals surface area (Å²) in [5.41, 5.74) is 3.25. The van der Waals surface area contributed by atoms with Crippen LogP contribution in [-0.4, -0.2) is 58.0 Å². The number of aromatic amines is 1. The first-order chi connectivity index (χ1) is 11.5. The summed E-state index contributed by atoms with van der Waals surface area (Å²) in [5.74, 6) is 1.08. The Hall–Kier alpha value is -1.85. The van der Waals surface area contributed by atoms with Gasteiger partial charge in [0.1, 0.15) is 0 Å². The van der Waals surface area contributed by atoms with Gasteiger partial charge in [-0.3, -0.25) is 14.7 Å². The first-order valence-electron chi connectivity index (χ1n) is 9.10. The Labute approximate surface area is 143 Å². The summed E-state index contributed by atoms with van der Waals surface area (Å²) in [5, 5.41) is 7.25. The molecule has 6 heteroatoms. The minimum absolute atomic E-state index is 0.228. The fourth-order valence-electron chi connectivity index (χ4n) is 3.74. The fraction of sp³-hybridized carbons (Fsp3) is 0.722. The van der Waals surface area contributed by atoms with Crippen molar-refractivity contribution in [1.82, 2.24) is 20.0 Å². The van der Waals surface area contributed by atoms with Gasteiger partial charge >= 0.3 is 0 Å². The summed E-state index contributed by atoms with van der Waals surface area (Å²) in [6, 6.07) is 0. The second kappa shape index (κ2) is 7.36. The Morgan fingerprint density at radius 1 is 1.25 bits per heavy atom. The predicted octanol–water partition coefficient (Wildman–Crippen LogP) is 1.82. The lowest BCUT2D eigenvalue weighted by Gasteiger charge is -2.34. The van der Waals surface area contributed by atoms with Gasteiger partial charge in [0, 0.05) is 51.1 Å². The molecular formula is C18H28N4O2. The van der Waals surface area contributed by atoms with Gasteiger partial charge in [0.15, 0.2) is 0 Å². The molecule has 0 radical (unpaired) electrons. The standard InChI is InChI=1S/C18H28N4O2/c1-13-14(2)19-20-16(13)5-6-18(24)21-10-7-15(8-11-21)12-22-9-3-4-17(22)23/h15H,3-12H2,1-2H3,(H,19,20). The number of H-pyrrole nitrogens is 1. The molecule has 0 spiro atoms. The number of hydrogen-bond donors (Lipinski definition) is 1. The van der Waals surface area contributed by atoms with Crippen LogP contribution in [0.15, 0.2) is 0 Å². The van der Waals surface area contributed by atoms with E-state index in [2.05, 4.69) is 10.2 Å². The van der Waals surface area contributed by atoms with E-state index in [9.17, 15) is 9.59 Å². The number of likely N-dealkylation sites (tertiary alicyclic amines) is 2. The topological polar surface area (TPSA) is 69.3 Å². The van der Waals surface area contributed by atoms with E-state index < -0.39 is 0 Å². The van der Waals surface area contributed by atoms with Gasteiger partial charge < -0.3 is 9.80 Å². The van der Waals surface area contributed by atoms with Crippen molar-refractivity contribution in [2.24, 2.45) is 5.92 Å². The van der Waals surface area contributed by atoms with Gasteiger partial charge in [-0.15, -0.1) is 0 Å². The summed E-state index contributed by atoms with van der Waals surface area (Å²) in [6.07, 6.45) is 4.97. The molecule has 1 N–H and O–H groups in total. The zero-order valence-corrected chi connectivity index (χ0v) is 14.8. The number of aryl methyl sites for hydroxylation is 2. The van der Waals surface area contributed by atoms with Crippen molar-refractivity contribution in [2.45, 2.75) is 52.4 Å². The maximum absolute atomic E-state index is 12.4. The van der Waals surface area contributed by atoms with Crippen molar-refractivity contribution in [2.75, 3.05) is 26.2 Å². The first kappa shape index (κ1) is 17.0. The number of rotatable bonds is 5. The molecule has 1 aromatic heterocycles. The summed E-state index contributed by atoms with van der Waals surface area (Å²) in [7, 11) is 0. The van der Waals surface area contributed by atoms with Gasteiger partial charge in [-0.05, 0) is 44.6 Å². The number of amides is 2. The molecule has 2 aliphatic rings. The number of carbonyl (C=O) groups excluding carboxylic acids is 2. The molecule has 0 atom stereocenters. The van der Waals surface area contributed by atoms with Crippen LogP contribution in [0.1, 0.15) is 49.1 Å². The highest BCUT2D eigenvalue weighted by atomic mass is 16.2. The largest absolute Gasteiger partial charge is 0.343 e. The molecular weight excluding hydrogens is 304 g/mol. The first-order valence-corrected chi connectivity index (χ1v) is 9.10. The maximum atomic E-state index is 12.4. The highest BCUT2D eigenvalue weighted by molar-refractivity contribution is 5.78. The van der Waals surface area contributed by atoms with Gasteiger partial charge in [-0.2, -0.15) is 5.10 Å². The molecule has 2 amide bonds. The monoisotopic (exact) mass is 332 g/mol. The predicted molar refractivity (Wildman–Crippen MR) is 91.5 cm³/mol. The highest BCUT2D eigenvalue weighted by Crippen LogP contribution is 2.22. The molecule has 0 aromatic carbocycles. The number of nitrogens with one attached hydrogen (secondary N) is 1. The highest BCUT2D eigenvalue weighted by Gasteiger charge is 2.27. The Morgan fingerprint density at radius 3 is 2.58 bits per heavy atom. The number of piperidine rings is 1. The van der Waals surface area contributed by atoms with Crippen LogP contribution < -0.4 is 0 Å². The minimum atomic E-state index is 0.228. The van der Waals surface area contributed by atoms with Crippen molar-refractivity contribution in [3.05, 3.63) is 17.0 Å². The lowest BCUT2D eigenvalue weighted by molar-refractivity contribution is -0.133. The third-order valence-electron chi connectivity index (χ3n) is 5.55. The van der Waals surface area contributed by atoms with Crippen molar-refractivity contribution in [3.8, 4) is 0 Å². The molecule has 24 heavy (non-hydrogen) atoms. The Kier molecular flexibility index (Phi) is 5.21. The second-order valence-electron chi connectivity index (χ2n) is 7.19. The van der Waals surface area contributed by atoms with Crippen LogP contribution in [0.25, 0.3) is 0 Å². The van der Waals surface area contributed by atoms with Crippen LogP contribution in [0.5, 0.6) is 0 Å². The Bertz CT molecular complexity index is 602. The molecule has 132 valence electrons. The van der Waals surface area contributed by atoms with Crippen LogP contribution in [0.4, 0.5) is 0 Å². The van der Waals surface area contributed by atoms with Gasteiger partial charge in [-0.1, -0.05) is 0 Å². The summed E-state index contributed by atoms with van der Waals surface area (Å²) >= 11 is 0. The zero-order chi connectivity index (χ0) is 17.1. The minimum Gasteiger partial charge on any atom is -0.343 e. The third kappa shape index (κ3) is 3.79. The molecule has 2 fully saturated rings. The average Bonchev–Trinajstić information content (AvgIpc) is 3.13. The number of nitrogens with zero attached hydrogens (tertiary/aromatic N) is 3.